The minimum absolute atomic E-state index is 0.339. The van der Waals surface area contributed by atoms with Crippen LogP contribution in [0.25, 0.3) is 33.2 Å². The standard InChI is InChI=1S/C27H26N6O.C2H5NO2/c1-17-14-23(34-20-10-6-3-7-11-20)31-22-15-18(12-13-21(17)22)25-24-26(28)29-16-30-27(24)33(32-25)19-8-4-2-5-9-19;1-3-2(4)5/h3,6-7,10-16,19H,2,4-5,8-9H2,1H3,(H2,28,29,30);3H,1H3,(H,4,5). The molecule has 0 spiro atoms. The number of carboxylic acid groups (broad SMARTS) is 1. The number of carbonyl (C=O) groups is 1. The van der Waals surface area contributed by atoms with Crippen LogP contribution in [0.4, 0.5) is 10.6 Å². The van der Waals surface area contributed by atoms with Gasteiger partial charge in [0.1, 0.15) is 23.6 Å². The molecular formula is C29H31N7O3. The molecule has 5 aromatic rings. The Balaban J connectivity index is 0.000000567. The SMILES string of the molecule is CNC(=O)O.Cc1cc(Oc2ccccc2)nc2cc(-c3nn(C4CCCCC4)c4ncnc(N)c34)ccc12. The molecule has 6 rings (SSSR count). The molecule has 10 heteroatoms. The number of pyridine rings is 1. The number of rotatable bonds is 4. The van der Waals surface area contributed by atoms with Crippen molar-refractivity contribution in [1.29, 1.82) is 0 Å². The molecular weight excluding hydrogens is 494 g/mol. The average molecular weight is 526 g/mol. The first kappa shape index (κ1) is 25.9. The van der Waals surface area contributed by atoms with Crippen molar-refractivity contribution in [3.05, 3.63) is 66.5 Å². The Labute approximate surface area is 225 Å². The number of nitrogen functional groups attached to an aromatic ring is 1. The minimum Gasteiger partial charge on any atom is -0.465 e. The first-order chi connectivity index (χ1) is 18.9. The van der Waals surface area contributed by atoms with E-state index in [2.05, 4.69) is 39.8 Å². The smallest absolute Gasteiger partial charge is 0.404 e. The third-order valence-corrected chi connectivity index (χ3v) is 6.88. The van der Waals surface area contributed by atoms with E-state index in [9.17, 15) is 4.79 Å². The number of nitrogens with two attached hydrogens (primary N) is 1. The second kappa shape index (κ2) is 11.3. The lowest BCUT2D eigenvalue weighted by molar-refractivity contribution is 0.197. The van der Waals surface area contributed by atoms with Gasteiger partial charge in [-0.2, -0.15) is 5.10 Å². The molecule has 0 unspecified atom stereocenters. The molecule has 0 saturated heterocycles. The number of ether oxygens (including phenoxy) is 1. The lowest BCUT2D eigenvalue weighted by Gasteiger charge is -2.22. The molecule has 0 bridgehead atoms. The Morgan fingerprint density at radius 1 is 1.08 bits per heavy atom. The highest BCUT2D eigenvalue weighted by atomic mass is 16.5. The van der Waals surface area contributed by atoms with Crippen LogP contribution in [0.2, 0.25) is 0 Å². The van der Waals surface area contributed by atoms with Crippen molar-refractivity contribution < 1.29 is 14.6 Å². The van der Waals surface area contributed by atoms with E-state index in [1.54, 1.807) is 0 Å². The van der Waals surface area contributed by atoms with E-state index in [0.717, 1.165) is 57.3 Å². The zero-order valence-electron chi connectivity index (χ0n) is 22.0. The fraction of sp³-hybridized carbons (Fsp3) is 0.276. The highest BCUT2D eigenvalue weighted by molar-refractivity contribution is 6.00. The number of anilines is 1. The van der Waals surface area contributed by atoms with Crippen molar-refractivity contribution in [2.45, 2.75) is 45.1 Å². The zero-order chi connectivity index (χ0) is 27.4. The highest BCUT2D eigenvalue weighted by Gasteiger charge is 2.24. The number of amides is 1. The van der Waals surface area contributed by atoms with Gasteiger partial charge in [-0.3, -0.25) is 0 Å². The summed E-state index contributed by atoms with van der Waals surface area (Å²) in [4.78, 5) is 22.9. The topological polar surface area (TPSA) is 141 Å². The molecule has 1 aliphatic rings. The quantitative estimate of drug-likeness (QED) is 0.255. The minimum atomic E-state index is -0.995. The van der Waals surface area contributed by atoms with Crippen LogP contribution in [0.1, 0.15) is 43.7 Å². The van der Waals surface area contributed by atoms with Gasteiger partial charge in [-0.25, -0.2) is 24.4 Å². The van der Waals surface area contributed by atoms with E-state index in [-0.39, 0.29) is 0 Å². The maximum atomic E-state index is 9.26. The molecule has 0 aliphatic heterocycles. The Hall–Kier alpha value is -4.73. The number of hydrogen-bond acceptors (Lipinski definition) is 7. The summed E-state index contributed by atoms with van der Waals surface area (Å²) in [5, 5.41) is 16.5. The summed E-state index contributed by atoms with van der Waals surface area (Å²) in [6.07, 6.45) is 6.46. The van der Waals surface area contributed by atoms with Crippen molar-refractivity contribution in [3.63, 3.8) is 0 Å². The van der Waals surface area contributed by atoms with Gasteiger partial charge in [0.05, 0.1) is 16.9 Å². The number of nitrogens with zero attached hydrogens (tertiary/aromatic N) is 5. The summed E-state index contributed by atoms with van der Waals surface area (Å²) in [5.41, 5.74) is 10.8. The first-order valence-electron chi connectivity index (χ1n) is 13.0. The third kappa shape index (κ3) is 5.59. The van der Waals surface area contributed by atoms with Crippen molar-refractivity contribution in [2.24, 2.45) is 0 Å². The van der Waals surface area contributed by atoms with Gasteiger partial charge in [0, 0.05) is 24.1 Å². The molecule has 2 aromatic carbocycles. The van der Waals surface area contributed by atoms with Gasteiger partial charge in [-0.15, -0.1) is 0 Å². The van der Waals surface area contributed by atoms with Crippen LogP contribution in [-0.4, -0.2) is 43.0 Å². The van der Waals surface area contributed by atoms with E-state index in [4.69, 9.17) is 25.7 Å². The molecule has 3 heterocycles. The van der Waals surface area contributed by atoms with Crippen LogP contribution in [0.5, 0.6) is 11.6 Å². The average Bonchev–Trinajstić information content (AvgIpc) is 3.35. The van der Waals surface area contributed by atoms with Gasteiger partial charge in [0.15, 0.2) is 5.65 Å². The van der Waals surface area contributed by atoms with Crippen LogP contribution in [0.15, 0.2) is 60.9 Å². The fourth-order valence-electron chi connectivity index (χ4n) is 4.96. The molecule has 200 valence electrons. The van der Waals surface area contributed by atoms with Gasteiger partial charge in [0.2, 0.25) is 5.88 Å². The Kier molecular flexibility index (Phi) is 7.53. The van der Waals surface area contributed by atoms with E-state index in [1.807, 2.05) is 41.7 Å². The van der Waals surface area contributed by atoms with Crippen molar-refractivity contribution >= 4 is 33.8 Å². The highest BCUT2D eigenvalue weighted by Crippen LogP contribution is 2.37. The molecule has 3 aromatic heterocycles. The number of aryl methyl sites for hydroxylation is 1. The molecule has 1 amide bonds. The summed E-state index contributed by atoms with van der Waals surface area (Å²) >= 11 is 0. The normalized spacial score (nSPS) is 13.6. The monoisotopic (exact) mass is 525 g/mol. The summed E-state index contributed by atoms with van der Waals surface area (Å²) in [6.45, 7) is 2.07. The van der Waals surface area contributed by atoms with Crippen LogP contribution in [0.3, 0.4) is 0 Å². The summed E-state index contributed by atoms with van der Waals surface area (Å²) in [6, 6.07) is 18.2. The van der Waals surface area contributed by atoms with Crippen LogP contribution in [0, 0.1) is 6.92 Å². The van der Waals surface area contributed by atoms with Gasteiger partial charge >= 0.3 is 6.09 Å². The predicted octanol–water partition coefficient (Wildman–Crippen LogP) is 6.11. The van der Waals surface area contributed by atoms with E-state index in [1.165, 1.54) is 32.6 Å². The molecule has 0 atom stereocenters. The summed E-state index contributed by atoms with van der Waals surface area (Å²) < 4.78 is 8.08. The largest absolute Gasteiger partial charge is 0.465 e. The van der Waals surface area contributed by atoms with E-state index in [0.29, 0.717) is 17.7 Å². The lowest BCUT2D eigenvalue weighted by Crippen LogP contribution is -2.14. The summed E-state index contributed by atoms with van der Waals surface area (Å²) in [7, 11) is 1.35. The molecule has 1 aliphatic carbocycles. The molecule has 1 fully saturated rings. The van der Waals surface area contributed by atoms with Gasteiger partial charge in [-0.1, -0.05) is 49.6 Å². The molecule has 1 saturated carbocycles. The Morgan fingerprint density at radius 3 is 2.54 bits per heavy atom. The van der Waals surface area contributed by atoms with Crippen LogP contribution in [-0.2, 0) is 0 Å². The Bertz CT molecular complexity index is 1610. The predicted molar refractivity (Wildman–Crippen MR) is 151 cm³/mol. The zero-order valence-corrected chi connectivity index (χ0v) is 22.0. The van der Waals surface area contributed by atoms with E-state index < -0.39 is 6.09 Å². The van der Waals surface area contributed by atoms with Crippen molar-refractivity contribution in [1.82, 2.24) is 30.0 Å². The van der Waals surface area contributed by atoms with Crippen LogP contribution < -0.4 is 15.8 Å². The van der Waals surface area contributed by atoms with Gasteiger partial charge in [0.25, 0.3) is 0 Å². The lowest BCUT2D eigenvalue weighted by atomic mass is 9.96. The van der Waals surface area contributed by atoms with Crippen molar-refractivity contribution in [3.8, 4) is 22.9 Å². The first-order valence-corrected chi connectivity index (χ1v) is 13.0. The summed E-state index contributed by atoms with van der Waals surface area (Å²) in [5.74, 6) is 1.77. The number of hydrogen-bond donors (Lipinski definition) is 3. The van der Waals surface area contributed by atoms with E-state index >= 15 is 0 Å². The number of aromatic nitrogens is 5. The Morgan fingerprint density at radius 2 is 1.82 bits per heavy atom. The maximum Gasteiger partial charge on any atom is 0.404 e. The number of benzene rings is 2. The number of fused-ring (bicyclic) bond motifs is 2. The second-order valence-electron chi connectivity index (χ2n) is 9.52. The van der Waals surface area contributed by atoms with Gasteiger partial charge < -0.3 is 20.9 Å². The van der Waals surface area contributed by atoms with Gasteiger partial charge in [-0.05, 0) is 43.5 Å². The second-order valence-corrected chi connectivity index (χ2v) is 9.52. The van der Waals surface area contributed by atoms with Crippen LogP contribution >= 0.6 is 0 Å². The molecule has 39 heavy (non-hydrogen) atoms. The fourth-order valence-corrected chi connectivity index (χ4v) is 4.96. The molecule has 0 radical (unpaired) electrons. The molecule has 10 nitrogen and oxygen atoms in total. The molecule has 4 N–H and O–H groups in total. The van der Waals surface area contributed by atoms with Crippen molar-refractivity contribution in [2.75, 3.05) is 12.8 Å². The maximum absolute atomic E-state index is 9.26. The number of nitrogens with one attached hydrogen (secondary N) is 1. The number of para-hydroxylation sites is 1. The third-order valence-electron chi connectivity index (χ3n) is 6.88.